The normalized spacial score (nSPS) is 12.2. The molecule has 0 N–H and O–H groups in total. The van der Waals surface area contributed by atoms with E-state index < -0.39 is 0 Å². The van der Waals surface area contributed by atoms with Gasteiger partial charge >= 0.3 is 5.97 Å². The van der Waals surface area contributed by atoms with Crippen LogP contribution in [0.3, 0.4) is 0 Å². The Balaban J connectivity index is 2.09. The number of ether oxygens (including phenoxy) is 1. The number of nitrogens with zero attached hydrogens (tertiary/aromatic N) is 1. The van der Waals surface area contributed by atoms with Crippen LogP contribution in [0, 0.1) is 11.3 Å². The van der Waals surface area contributed by atoms with Gasteiger partial charge in [-0.05, 0) is 48.6 Å². The lowest BCUT2D eigenvalue weighted by Gasteiger charge is -2.16. The van der Waals surface area contributed by atoms with E-state index in [1.165, 1.54) is 16.9 Å². The molecule has 0 amide bonds. The van der Waals surface area contributed by atoms with Crippen LogP contribution >= 0.6 is 11.3 Å². The molecule has 0 bridgehead atoms. The second kappa shape index (κ2) is 5.10. The molecule has 4 heteroatoms. The van der Waals surface area contributed by atoms with Crippen LogP contribution in [0.15, 0.2) is 24.3 Å². The van der Waals surface area contributed by atoms with Crippen LogP contribution in [0.5, 0.6) is 0 Å². The van der Waals surface area contributed by atoms with Gasteiger partial charge in [0.1, 0.15) is 4.88 Å². The molecule has 1 aromatic heterocycles. The average Bonchev–Trinajstić information content (AvgIpc) is 2.91. The predicted molar refractivity (Wildman–Crippen MR) is 77.8 cm³/mol. The SMILES string of the molecule is CCOC(=O)c1cc2c(s1)-c1cccc(C#N)c1CC2. The van der Waals surface area contributed by atoms with E-state index in [4.69, 9.17) is 4.74 Å². The molecule has 1 heterocycles. The van der Waals surface area contributed by atoms with Crippen molar-refractivity contribution in [3.63, 3.8) is 0 Å². The molecule has 1 aliphatic carbocycles. The van der Waals surface area contributed by atoms with Gasteiger partial charge in [0.05, 0.1) is 18.2 Å². The molecule has 20 heavy (non-hydrogen) atoms. The molecular formula is C16H13NO2S. The van der Waals surface area contributed by atoms with Crippen molar-refractivity contribution in [2.24, 2.45) is 0 Å². The Morgan fingerprint density at radius 3 is 3.05 bits per heavy atom. The quantitative estimate of drug-likeness (QED) is 0.792. The van der Waals surface area contributed by atoms with Crippen LogP contribution < -0.4 is 0 Å². The molecule has 3 nitrogen and oxygen atoms in total. The minimum atomic E-state index is -0.259. The van der Waals surface area contributed by atoms with E-state index in [0.717, 1.165) is 34.4 Å². The van der Waals surface area contributed by atoms with Crippen LogP contribution in [0.25, 0.3) is 10.4 Å². The Morgan fingerprint density at radius 1 is 1.45 bits per heavy atom. The van der Waals surface area contributed by atoms with Crippen molar-refractivity contribution in [1.29, 1.82) is 5.26 Å². The highest BCUT2D eigenvalue weighted by atomic mass is 32.1. The summed E-state index contributed by atoms with van der Waals surface area (Å²) in [7, 11) is 0. The summed E-state index contributed by atoms with van der Waals surface area (Å²) in [6.07, 6.45) is 1.72. The number of carbonyl (C=O) groups excluding carboxylic acids is 1. The van der Waals surface area contributed by atoms with Crippen LogP contribution in [0.2, 0.25) is 0 Å². The Morgan fingerprint density at radius 2 is 2.30 bits per heavy atom. The van der Waals surface area contributed by atoms with E-state index in [9.17, 15) is 10.1 Å². The summed E-state index contributed by atoms with van der Waals surface area (Å²) >= 11 is 1.46. The molecule has 100 valence electrons. The summed E-state index contributed by atoms with van der Waals surface area (Å²) in [4.78, 5) is 13.6. The average molecular weight is 283 g/mol. The summed E-state index contributed by atoms with van der Waals surface area (Å²) in [6.45, 7) is 2.19. The van der Waals surface area contributed by atoms with Crippen molar-refractivity contribution in [3.05, 3.63) is 45.8 Å². The third-order valence-electron chi connectivity index (χ3n) is 3.47. The molecule has 0 fully saturated rings. The summed E-state index contributed by atoms with van der Waals surface area (Å²) in [5.74, 6) is -0.259. The van der Waals surface area contributed by atoms with Gasteiger partial charge in [0.15, 0.2) is 0 Å². The summed E-state index contributed by atoms with van der Waals surface area (Å²) in [5.41, 5.74) is 4.10. The molecule has 0 saturated heterocycles. The van der Waals surface area contributed by atoms with Crippen molar-refractivity contribution in [3.8, 4) is 16.5 Å². The number of benzene rings is 1. The van der Waals surface area contributed by atoms with Crippen molar-refractivity contribution in [1.82, 2.24) is 0 Å². The highest BCUT2D eigenvalue weighted by Gasteiger charge is 2.23. The minimum absolute atomic E-state index is 0.259. The van der Waals surface area contributed by atoms with Crippen molar-refractivity contribution < 1.29 is 9.53 Å². The Bertz CT molecular complexity index is 725. The molecule has 0 unspecified atom stereocenters. The number of hydrogen-bond donors (Lipinski definition) is 0. The molecule has 0 atom stereocenters. The molecule has 0 radical (unpaired) electrons. The monoisotopic (exact) mass is 283 g/mol. The van der Waals surface area contributed by atoms with Gasteiger partial charge in [-0.25, -0.2) is 4.79 Å². The third-order valence-corrected chi connectivity index (χ3v) is 4.66. The van der Waals surface area contributed by atoms with E-state index in [1.54, 1.807) is 6.92 Å². The van der Waals surface area contributed by atoms with Crippen LogP contribution in [0.1, 0.15) is 33.3 Å². The molecule has 1 aromatic carbocycles. The second-order valence-corrected chi connectivity index (χ2v) is 5.68. The molecule has 0 saturated carbocycles. The zero-order valence-electron chi connectivity index (χ0n) is 11.1. The van der Waals surface area contributed by atoms with E-state index in [0.29, 0.717) is 11.5 Å². The van der Waals surface area contributed by atoms with Gasteiger partial charge in [0, 0.05) is 4.88 Å². The Labute approximate surface area is 121 Å². The topological polar surface area (TPSA) is 50.1 Å². The first kappa shape index (κ1) is 12.9. The number of thiophene rings is 1. The standard InChI is InChI=1S/C16H13NO2S/c1-2-19-16(18)14-8-10-6-7-12-11(9-17)4-3-5-13(12)15(10)20-14/h3-5,8H,2,6-7H2,1H3. The smallest absolute Gasteiger partial charge is 0.348 e. The zero-order valence-corrected chi connectivity index (χ0v) is 11.9. The van der Waals surface area contributed by atoms with E-state index in [-0.39, 0.29) is 5.97 Å². The van der Waals surface area contributed by atoms with Gasteiger partial charge in [-0.3, -0.25) is 0 Å². The summed E-state index contributed by atoms with van der Waals surface area (Å²) in [6, 6.07) is 9.96. The number of nitriles is 1. The van der Waals surface area contributed by atoms with Gasteiger partial charge in [-0.15, -0.1) is 11.3 Å². The van der Waals surface area contributed by atoms with E-state index in [1.807, 2.05) is 24.3 Å². The Kier molecular flexibility index (Phi) is 3.29. The van der Waals surface area contributed by atoms with E-state index in [2.05, 4.69) is 6.07 Å². The minimum Gasteiger partial charge on any atom is -0.462 e. The first-order valence-electron chi connectivity index (χ1n) is 6.56. The highest BCUT2D eigenvalue weighted by Crippen LogP contribution is 2.40. The number of fused-ring (bicyclic) bond motifs is 3. The van der Waals surface area contributed by atoms with Gasteiger partial charge in [0.25, 0.3) is 0 Å². The lowest BCUT2D eigenvalue weighted by Crippen LogP contribution is -2.03. The lowest BCUT2D eigenvalue weighted by molar-refractivity contribution is 0.0532. The van der Waals surface area contributed by atoms with Crippen molar-refractivity contribution in [2.75, 3.05) is 6.61 Å². The molecular weight excluding hydrogens is 270 g/mol. The predicted octanol–water partition coefficient (Wildman–Crippen LogP) is 3.56. The maximum atomic E-state index is 11.8. The number of rotatable bonds is 2. The number of hydrogen-bond acceptors (Lipinski definition) is 4. The van der Waals surface area contributed by atoms with E-state index >= 15 is 0 Å². The van der Waals surface area contributed by atoms with Crippen LogP contribution in [-0.2, 0) is 17.6 Å². The maximum Gasteiger partial charge on any atom is 0.348 e. The maximum absolute atomic E-state index is 11.8. The molecule has 0 spiro atoms. The first-order valence-corrected chi connectivity index (χ1v) is 7.38. The van der Waals surface area contributed by atoms with Gasteiger partial charge in [0.2, 0.25) is 0 Å². The summed E-state index contributed by atoms with van der Waals surface area (Å²) in [5, 5.41) is 9.18. The van der Waals surface area contributed by atoms with Gasteiger partial charge in [-0.2, -0.15) is 5.26 Å². The zero-order chi connectivity index (χ0) is 14.1. The fourth-order valence-corrected chi connectivity index (χ4v) is 3.74. The highest BCUT2D eigenvalue weighted by molar-refractivity contribution is 7.17. The van der Waals surface area contributed by atoms with Crippen LogP contribution in [0.4, 0.5) is 0 Å². The molecule has 1 aliphatic rings. The Hall–Kier alpha value is -2.12. The summed E-state index contributed by atoms with van der Waals surface area (Å²) < 4.78 is 5.06. The third kappa shape index (κ3) is 2.00. The molecule has 3 rings (SSSR count). The second-order valence-electron chi connectivity index (χ2n) is 4.63. The van der Waals surface area contributed by atoms with Gasteiger partial charge in [-0.1, -0.05) is 12.1 Å². The number of esters is 1. The number of carbonyl (C=O) groups is 1. The van der Waals surface area contributed by atoms with Crippen molar-refractivity contribution >= 4 is 17.3 Å². The first-order chi connectivity index (χ1) is 9.74. The van der Waals surface area contributed by atoms with Crippen molar-refractivity contribution in [2.45, 2.75) is 19.8 Å². The molecule has 0 aliphatic heterocycles. The largest absolute Gasteiger partial charge is 0.462 e. The lowest BCUT2D eigenvalue weighted by atomic mass is 9.88. The molecule has 2 aromatic rings. The fourth-order valence-electron chi connectivity index (χ4n) is 2.58. The van der Waals surface area contributed by atoms with Gasteiger partial charge < -0.3 is 4.74 Å². The van der Waals surface area contributed by atoms with Crippen LogP contribution in [-0.4, -0.2) is 12.6 Å². The fraction of sp³-hybridized carbons (Fsp3) is 0.250. The number of aryl methyl sites for hydroxylation is 1.